The van der Waals surface area contributed by atoms with E-state index in [-0.39, 0.29) is 29.7 Å². The predicted octanol–water partition coefficient (Wildman–Crippen LogP) is 3.64. The average Bonchev–Trinajstić information content (AvgIpc) is 2.60. The van der Waals surface area contributed by atoms with Gasteiger partial charge in [0.25, 0.3) is 0 Å². The van der Waals surface area contributed by atoms with Crippen LogP contribution in [0.15, 0.2) is 36.5 Å². The number of aromatic nitrogens is 1. The third kappa shape index (κ3) is 3.05. The summed E-state index contributed by atoms with van der Waals surface area (Å²) in [5.41, 5.74) is 1.92. The lowest BCUT2D eigenvalue weighted by molar-refractivity contribution is -0.117. The second-order valence-electron chi connectivity index (χ2n) is 6.36. The van der Waals surface area contributed by atoms with Gasteiger partial charge in [-0.15, -0.1) is 0 Å². The van der Waals surface area contributed by atoms with Gasteiger partial charge in [-0.2, -0.15) is 5.26 Å². The van der Waals surface area contributed by atoms with Crippen LogP contribution in [0.4, 0.5) is 15.9 Å². The fourth-order valence-corrected chi connectivity index (χ4v) is 3.38. The van der Waals surface area contributed by atoms with Crippen molar-refractivity contribution in [2.75, 3.05) is 10.2 Å². The van der Waals surface area contributed by atoms with E-state index in [0.29, 0.717) is 17.1 Å². The number of nitriles is 1. The maximum Gasteiger partial charge on any atom is 0.224 e. The van der Waals surface area contributed by atoms with Crippen LogP contribution < -0.4 is 10.2 Å². The number of hydrogen-bond acceptors (Lipinski definition) is 4. The van der Waals surface area contributed by atoms with Gasteiger partial charge < -0.3 is 10.2 Å². The van der Waals surface area contributed by atoms with E-state index in [4.69, 9.17) is 5.26 Å². The predicted molar refractivity (Wildman–Crippen MR) is 93.5 cm³/mol. The van der Waals surface area contributed by atoms with Crippen molar-refractivity contribution in [1.29, 1.82) is 5.26 Å². The molecule has 0 fully saturated rings. The van der Waals surface area contributed by atoms with Crippen LogP contribution in [-0.4, -0.2) is 16.9 Å². The van der Waals surface area contributed by atoms with Gasteiger partial charge in [-0.1, -0.05) is 6.92 Å². The first-order chi connectivity index (χ1) is 11.9. The molecule has 5 nitrogen and oxygen atoms in total. The first-order valence-electron chi connectivity index (χ1n) is 8.14. The Balaban J connectivity index is 2.03. The van der Waals surface area contributed by atoms with E-state index in [9.17, 15) is 9.18 Å². The van der Waals surface area contributed by atoms with Crippen molar-refractivity contribution in [2.24, 2.45) is 5.92 Å². The maximum atomic E-state index is 13.9. The van der Waals surface area contributed by atoms with Crippen LogP contribution >= 0.6 is 0 Å². The van der Waals surface area contributed by atoms with E-state index in [1.807, 2.05) is 19.9 Å². The van der Waals surface area contributed by atoms with Gasteiger partial charge in [0.05, 0.1) is 11.6 Å². The van der Waals surface area contributed by atoms with E-state index in [1.54, 1.807) is 23.1 Å². The number of halogens is 1. The minimum Gasteiger partial charge on any atom is -0.363 e. The molecule has 128 valence electrons. The van der Waals surface area contributed by atoms with Crippen LogP contribution in [0.3, 0.4) is 0 Å². The Morgan fingerprint density at radius 2 is 2.08 bits per heavy atom. The third-order valence-electron chi connectivity index (χ3n) is 4.81. The summed E-state index contributed by atoms with van der Waals surface area (Å²) in [4.78, 5) is 18.1. The number of nitrogens with zero attached hydrogens (tertiary/aromatic N) is 3. The van der Waals surface area contributed by atoms with E-state index < -0.39 is 0 Å². The number of amides is 1. The molecule has 0 radical (unpaired) electrons. The largest absolute Gasteiger partial charge is 0.363 e. The number of benzene rings is 1. The summed E-state index contributed by atoms with van der Waals surface area (Å²) in [6, 6.07) is 9.68. The van der Waals surface area contributed by atoms with E-state index >= 15 is 0 Å². The normalized spacial score (nSPS) is 22.0. The number of fused-ring (bicyclic) bond motifs is 1. The van der Waals surface area contributed by atoms with Crippen LogP contribution in [-0.2, 0) is 4.79 Å². The molecule has 1 aromatic heterocycles. The summed E-state index contributed by atoms with van der Waals surface area (Å²) in [5, 5.41) is 12.2. The molecule has 0 bridgehead atoms. The maximum absolute atomic E-state index is 13.9. The highest BCUT2D eigenvalue weighted by Crippen LogP contribution is 2.42. The lowest BCUT2D eigenvalue weighted by atomic mass is 9.82. The molecule has 0 spiro atoms. The Morgan fingerprint density at radius 3 is 2.68 bits per heavy atom. The Kier molecular flexibility index (Phi) is 4.41. The van der Waals surface area contributed by atoms with Gasteiger partial charge in [0.1, 0.15) is 17.7 Å². The molecule has 1 amide bonds. The van der Waals surface area contributed by atoms with E-state index in [2.05, 4.69) is 10.3 Å². The quantitative estimate of drug-likeness (QED) is 0.908. The molecular formula is C19H19FN4O. The topological polar surface area (TPSA) is 69.0 Å². The second-order valence-corrected chi connectivity index (χ2v) is 6.36. The molecule has 1 aliphatic heterocycles. The third-order valence-corrected chi connectivity index (χ3v) is 4.81. The summed E-state index contributed by atoms with van der Waals surface area (Å²) >= 11 is 0. The first kappa shape index (κ1) is 16.9. The molecule has 0 saturated heterocycles. The van der Waals surface area contributed by atoms with Gasteiger partial charge in [0, 0.05) is 36.3 Å². The summed E-state index contributed by atoms with van der Waals surface area (Å²) < 4.78 is 13.9. The molecule has 0 aliphatic carbocycles. The highest BCUT2D eigenvalue weighted by molar-refractivity contribution is 5.94. The van der Waals surface area contributed by atoms with Gasteiger partial charge in [-0.3, -0.25) is 4.79 Å². The Bertz CT molecular complexity index is 843. The number of pyridine rings is 1. The minimum absolute atomic E-state index is 0.0376. The van der Waals surface area contributed by atoms with Gasteiger partial charge in [-0.05, 0) is 37.3 Å². The lowest BCUT2D eigenvalue weighted by Crippen LogP contribution is -2.48. The zero-order valence-electron chi connectivity index (χ0n) is 14.3. The monoisotopic (exact) mass is 338 g/mol. The van der Waals surface area contributed by atoms with Crippen LogP contribution in [0.1, 0.15) is 37.9 Å². The number of rotatable bonds is 2. The highest BCUT2D eigenvalue weighted by Gasteiger charge is 2.38. The van der Waals surface area contributed by atoms with Crippen molar-refractivity contribution in [3.05, 3.63) is 53.5 Å². The Hall–Kier alpha value is -2.94. The van der Waals surface area contributed by atoms with Crippen molar-refractivity contribution >= 4 is 17.4 Å². The summed E-state index contributed by atoms with van der Waals surface area (Å²) in [7, 11) is 0. The number of nitrogens with one attached hydrogen (secondary N) is 1. The first-order valence-corrected chi connectivity index (χ1v) is 8.14. The molecule has 2 unspecified atom stereocenters. The van der Waals surface area contributed by atoms with Crippen LogP contribution in [0.5, 0.6) is 0 Å². The molecule has 3 atom stereocenters. The molecule has 0 saturated carbocycles. The van der Waals surface area contributed by atoms with Gasteiger partial charge >= 0.3 is 0 Å². The molecule has 2 heterocycles. The summed E-state index contributed by atoms with van der Waals surface area (Å²) in [6.07, 6.45) is 1.49. The summed E-state index contributed by atoms with van der Waals surface area (Å²) in [5.74, 6) is 0.232. The van der Waals surface area contributed by atoms with Crippen molar-refractivity contribution < 1.29 is 9.18 Å². The van der Waals surface area contributed by atoms with Crippen molar-refractivity contribution in [3.63, 3.8) is 0 Å². The fraction of sp³-hybridized carbons (Fsp3) is 0.316. The fourth-order valence-electron chi connectivity index (χ4n) is 3.38. The Labute approximate surface area is 146 Å². The lowest BCUT2D eigenvalue weighted by Gasteiger charge is -2.44. The number of carbonyl (C=O) groups is 1. The van der Waals surface area contributed by atoms with Crippen LogP contribution in [0.2, 0.25) is 0 Å². The molecule has 2 aromatic rings. The van der Waals surface area contributed by atoms with E-state index in [0.717, 1.165) is 5.56 Å². The molecule has 1 N–H and O–H groups in total. The number of hydrogen-bond donors (Lipinski definition) is 1. The molecule has 25 heavy (non-hydrogen) atoms. The molecule has 6 heteroatoms. The van der Waals surface area contributed by atoms with Crippen LogP contribution in [0.25, 0.3) is 0 Å². The average molecular weight is 338 g/mol. The van der Waals surface area contributed by atoms with Crippen molar-refractivity contribution in [3.8, 4) is 6.07 Å². The second kappa shape index (κ2) is 6.52. The van der Waals surface area contributed by atoms with Gasteiger partial charge in [-0.25, -0.2) is 9.37 Å². The molecular weight excluding hydrogens is 319 g/mol. The SMILES string of the molecule is CC(=O)N1c2ccc(F)cc2C(Nc2ccc(C#N)cn2)C(C)[C@@H]1C. The van der Waals surface area contributed by atoms with E-state index in [1.165, 1.54) is 25.3 Å². The number of anilines is 2. The van der Waals surface area contributed by atoms with Crippen LogP contribution in [0, 0.1) is 23.1 Å². The molecule has 1 aromatic carbocycles. The smallest absolute Gasteiger partial charge is 0.224 e. The zero-order chi connectivity index (χ0) is 18.1. The van der Waals surface area contributed by atoms with Crippen molar-refractivity contribution in [2.45, 2.75) is 32.9 Å². The van der Waals surface area contributed by atoms with Gasteiger partial charge in [0.2, 0.25) is 5.91 Å². The minimum atomic E-state index is -0.344. The highest BCUT2D eigenvalue weighted by atomic mass is 19.1. The molecule has 1 aliphatic rings. The standard InChI is InChI=1S/C19H19FN4O/c1-11-12(2)24(13(3)25)17-6-5-15(20)8-16(17)19(11)23-18-7-4-14(9-21)10-22-18/h4-8,10-12,19H,1-3H3,(H,22,23)/t11?,12-,19?/m0/s1. The summed E-state index contributed by atoms with van der Waals surface area (Å²) in [6.45, 7) is 5.53. The van der Waals surface area contributed by atoms with Crippen molar-refractivity contribution in [1.82, 2.24) is 4.98 Å². The number of carbonyl (C=O) groups excluding carboxylic acids is 1. The zero-order valence-corrected chi connectivity index (χ0v) is 14.3. The Morgan fingerprint density at radius 1 is 1.32 bits per heavy atom. The molecule has 3 rings (SSSR count). The van der Waals surface area contributed by atoms with Gasteiger partial charge in [0.15, 0.2) is 0 Å².